The van der Waals surface area contributed by atoms with Crippen molar-refractivity contribution in [2.75, 3.05) is 0 Å². The van der Waals surface area contributed by atoms with E-state index in [-0.39, 0.29) is 23.5 Å². The summed E-state index contributed by atoms with van der Waals surface area (Å²) in [5, 5.41) is 43.4. The van der Waals surface area contributed by atoms with Crippen molar-refractivity contribution >= 4 is 17.7 Å². The number of ketones is 1. The summed E-state index contributed by atoms with van der Waals surface area (Å²) in [7, 11) is 0. The van der Waals surface area contributed by atoms with Crippen LogP contribution in [0.25, 0.3) is 0 Å². The molecule has 0 spiro atoms. The molecule has 0 bridgehead atoms. The minimum absolute atomic E-state index is 0.0383. The van der Waals surface area contributed by atoms with Gasteiger partial charge in [0.15, 0.2) is 6.10 Å². The SMILES string of the molecule is O=C(O)C(=O)Cc1ccc(O)cc1.O=C(O)[C@@H](O)c1ccc(O)cc1. The Kier molecular flexibility index (Phi) is 7.11. The molecule has 8 nitrogen and oxygen atoms in total. The van der Waals surface area contributed by atoms with E-state index in [9.17, 15) is 14.4 Å². The van der Waals surface area contributed by atoms with E-state index in [1.54, 1.807) is 0 Å². The molecule has 0 amide bonds. The molecular formula is C17H16O8. The summed E-state index contributed by atoms with van der Waals surface area (Å²) >= 11 is 0. The Morgan fingerprint density at radius 2 is 1.24 bits per heavy atom. The Balaban J connectivity index is 0.000000251. The van der Waals surface area contributed by atoms with Gasteiger partial charge < -0.3 is 25.5 Å². The molecule has 25 heavy (non-hydrogen) atoms. The lowest BCUT2D eigenvalue weighted by Crippen LogP contribution is -2.14. The van der Waals surface area contributed by atoms with Crippen LogP contribution in [0.5, 0.6) is 11.5 Å². The van der Waals surface area contributed by atoms with Gasteiger partial charge in [0.2, 0.25) is 5.78 Å². The molecular weight excluding hydrogens is 332 g/mol. The Bertz CT molecular complexity index is 734. The van der Waals surface area contributed by atoms with Crippen molar-refractivity contribution in [2.24, 2.45) is 0 Å². The number of aliphatic hydroxyl groups is 1. The van der Waals surface area contributed by atoms with Crippen LogP contribution in [0.15, 0.2) is 48.5 Å². The first kappa shape index (κ1) is 19.7. The van der Waals surface area contributed by atoms with Crippen molar-refractivity contribution in [3.8, 4) is 11.5 Å². The zero-order chi connectivity index (χ0) is 19.0. The summed E-state index contributed by atoms with van der Waals surface area (Å²) in [6.07, 6.45) is -1.67. The Labute approximate surface area is 142 Å². The van der Waals surface area contributed by atoms with Crippen LogP contribution in [0.3, 0.4) is 0 Å². The van der Waals surface area contributed by atoms with E-state index in [2.05, 4.69) is 0 Å². The highest BCUT2D eigenvalue weighted by molar-refractivity contribution is 6.33. The summed E-state index contributed by atoms with van der Waals surface area (Å²) in [6.45, 7) is 0. The van der Waals surface area contributed by atoms with Gasteiger partial charge in [0.05, 0.1) is 0 Å². The number of aliphatic carboxylic acids is 2. The van der Waals surface area contributed by atoms with Gasteiger partial charge in [0.1, 0.15) is 11.5 Å². The molecule has 0 aliphatic rings. The van der Waals surface area contributed by atoms with Gasteiger partial charge in [0.25, 0.3) is 0 Å². The van der Waals surface area contributed by atoms with Crippen molar-refractivity contribution in [1.29, 1.82) is 0 Å². The molecule has 5 N–H and O–H groups in total. The summed E-state index contributed by atoms with van der Waals surface area (Å²) in [6, 6.07) is 11.2. The van der Waals surface area contributed by atoms with E-state index in [4.69, 9.17) is 25.5 Å². The van der Waals surface area contributed by atoms with Gasteiger partial charge in [-0.25, -0.2) is 9.59 Å². The maximum atomic E-state index is 10.7. The summed E-state index contributed by atoms with van der Waals surface area (Å²) in [5.74, 6) is -3.47. The number of phenolic OH excluding ortho intramolecular Hbond substituents is 2. The number of benzene rings is 2. The van der Waals surface area contributed by atoms with E-state index in [0.717, 1.165) is 0 Å². The maximum Gasteiger partial charge on any atom is 0.372 e. The molecule has 0 aliphatic carbocycles. The van der Waals surface area contributed by atoms with Gasteiger partial charge in [-0.1, -0.05) is 24.3 Å². The highest BCUT2D eigenvalue weighted by Gasteiger charge is 2.14. The summed E-state index contributed by atoms with van der Waals surface area (Å²) in [5.41, 5.74) is 0.825. The molecule has 0 saturated heterocycles. The average Bonchev–Trinajstić information content (AvgIpc) is 2.57. The van der Waals surface area contributed by atoms with Gasteiger partial charge >= 0.3 is 11.9 Å². The molecule has 0 radical (unpaired) electrons. The third-order valence-electron chi connectivity index (χ3n) is 2.98. The molecule has 8 heteroatoms. The molecule has 0 aliphatic heterocycles. The standard InChI is InChI=1S/C9H8O4.C8H8O4/c10-7-3-1-6(2-4-7)5-8(11)9(12)13;9-6-3-1-5(2-4-6)7(10)8(11)12/h1-4,10H,5H2,(H,12,13);1-4,7,9-10H,(H,11,12)/t;7-/m.0/s1. The molecule has 0 saturated carbocycles. The van der Waals surface area contributed by atoms with Crippen molar-refractivity contribution in [2.45, 2.75) is 12.5 Å². The van der Waals surface area contributed by atoms with E-state index in [0.29, 0.717) is 5.56 Å². The van der Waals surface area contributed by atoms with Gasteiger partial charge in [-0.3, -0.25) is 4.79 Å². The third-order valence-corrected chi connectivity index (χ3v) is 2.98. The molecule has 2 aromatic rings. The Morgan fingerprint density at radius 1 is 0.800 bits per heavy atom. The quantitative estimate of drug-likeness (QED) is 0.504. The second kappa shape index (κ2) is 9.04. The number of Topliss-reactive ketones (excluding diaryl/α,β-unsaturated/α-hetero) is 1. The van der Waals surface area contributed by atoms with Gasteiger partial charge in [0, 0.05) is 6.42 Å². The van der Waals surface area contributed by atoms with Crippen molar-refractivity contribution < 1.29 is 39.9 Å². The van der Waals surface area contributed by atoms with Crippen molar-refractivity contribution in [3.63, 3.8) is 0 Å². The van der Waals surface area contributed by atoms with Crippen LogP contribution >= 0.6 is 0 Å². The van der Waals surface area contributed by atoms with Crippen LogP contribution < -0.4 is 0 Å². The number of carboxylic acids is 2. The molecule has 2 aromatic carbocycles. The lowest BCUT2D eigenvalue weighted by molar-refractivity contribution is -0.148. The van der Waals surface area contributed by atoms with Crippen LogP contribution in [0.1, 0.15) is 17.2 Å². The minimum atomic E-state index is -1.52. The highest BCUT2D eigenvalue weighted by Crippen LogP contribution is 2.16. The third kappa shape index (κ3) is 6.71. The fraction of sp³-hybridized carbons (Fsp3) is 0.118. The van der Waals surface area contributed by atoms with Gasteiger partial charge in [-0.2, -0.15) is 0 Å². The zero-order valence-electron chi connectivity index (χ0n) is 12.9. The normalized spacial score (nSPS) is 10.9. The van der Waals surface area contributed by atoms with E-state index in [1.165, 1.54) is 48.5 Å². The predicted octanol–water partition coefficient (Wildman–Crippen LogP) is 1.10. The number of phenols is 2. The lowest BCUT2D eigenvalue weighted by atomic mass is 10.1. The summed E-state index contributed by atoms with van der Waals surface area (Å²) in [4.78, 5) is 31.2. The highest BCUT2D eigenvalue weighted by atomic mass is 16.4. The Hall–Kier alpha value is -3.39. The number of carbonyl (C=O) groups is 3. The van der Waals surface area contributed by atoms with Crippen LogP contribution in [-0.2, 0) is 20.8 Å². The predicted molar refractivity (Wildman–Crippen MR) is 85.2 cm³/mol. The van der Waals surface area contributed by atoms with Crippen LogP contribution in [-0.4, -0.2) is 43.3 Å². The molecule has 0 unspecified atom stereocenters. The first-order valence-corrected chi connectivity index (χ1v) is 6.94. The van der Waals surface area contributed by atoms with E-state index < -0.39 is 23.8 Å². The van der Waals surface area contributed by atoms with E-state index in [1.807, 2.05) is 0 Å². The van der Waals surface area contributed by atoms with Crippen LogP contribution in [0, 0.1) is 0 Å². The lowest BCUT2D eigenvalue weighted by Gasteiger charge is -2.04. The molecule has 0 heterocycles. The number of hydrogen-bond acceptors (Lipinski definition) is 6. The maximum absolute atomic E-state index is 10.7. The topological polar surface area (TPSA) is 152 Å². The monoisotopic (exact) mass is 348 g/mol. The molecule has 132 valence electrons. The number of hydrogen-bond donors (Lipinski definition) is 5. The first-order chi connectivity index (χ1) is 11.7. The van der Waals surface area contributed by atoms with Gasteiger partial charge in [-0.05, 0) is 35.4 Å². The molecule has 1 atom stereocenters. The number of aromatic hydroxyl groups is 2. The number of carboxylic acid groups (broad SMARTS) is 2. The largest absolute Gasteiger partial charge is 0.508 e. The molecule has 2 rings (SSSR count). The second-order valence-electron chi connectivity index (χ2n) is 4.90. The Morgan fingerprint density at radius 3 is 1.64 bits per heavy atom. The summed E-state index contributed by atoms with van der Waals surface area (Å²) < 4.78 is 0. The van der Waals surface area contributed by atoms with Gasteiger partial charge in [-0.15, -0.1) is 0 Å². The van der Waals surface area contributed by atoms with Crippen molar-refractivity contribution in [1.82, 2.24) is 0 Å². The second-order valence-corrected chi connectivity index (χ2v) is 4.90. The van der Waals surface area contributed by atoms with Crippen LogP contribution in [0.2, 0.25) is 0 Å². The average molecular weight is 348 g/mol. The fourth-order valence-corrected chi connectivity index (χ4v) is 1.67. The van der Waals surface area contributed by atoms with Crippen LogP contribution in [0.4, 0.5) is 0 Å². The zero-order valence-corrected chi connectivity index (χ0v) is 12.9. The van der Waals surface area contributed by atoms with E-state index >= 15 is 0 Å². The number of rotatable bonds is 5. The fourth-order valence-electron chi connectivity index (χ4n) is 1.67. The van der Waals surface area contributed by atoms with Crippen molar-refractivity contribution in [3.05, 3.63) is 59.7 Å². The minimum Gasteiger partial charge on any atom is -0.508 e. The molecule has 0 aromatic heterocycles. The number of aliphatic hydroxyl groups excluding tert-OH is 1. The number of carbonyl (C=O) groups excluding carboxylic acids is 1. The smallest absolute Gasteiger partial charge is 0.372 e. The first-order valence-electron chi connectivity index (χ1n) is 6.94. The molecule has 0 fully saturated rings.